The van der Waals surface area contributed by atoms with Crippen LogP contribution in [0.25, 0.3) is 0 Å². The van der Waals surface area contributed by atoms with Gasteiger partial charge < -0.3 is 10.1 Å². The smallest absolute Gasteiger partial charge is 0.246 e. The molecule has 0 saturated carbocycles. The molecule has 0 bridgehead atoms. The molecule has 4 heteroatoms. The second kappa shape index (κ2) is 3.98. The molecule has 2 rings (SSSR count). The fourth-order valence-electron chi connectivity index (χ4n) is 1.38. The minimum absolute atomic E-state index is 0.0510. The van der Waals surface area contributed by atoms with Crippen LogP contribution in [0.4, 0.5) is 0 Å². The Morgan fingerprint density at radius 1 is 1.36 bits per heavy atom. The predicted octanol–water partition coefficient (Wildman–Crippen LogP) is 1.53. The van der Waals surface area contributed by atoms with Gasteiger partial charge in [-0.1, -0.05) is 23.7 Å². The minimum atomic E-state index is -0.0600. The first-order valence-corrected chi connectivity index (χ1v) is 4.77. The molecule has 0 aliphatic carbocycles. The van der Waals surface area contributed by atoms with Crippen LogP contribution in [0.1, 0.15) is 11.7 Å². The topological polar surface area (TPSA) is 38.3 Å². The summed E-state index contributed by atoms with van der Waals surface area (Å²) >= 11 is 5.76. The van der Waals surface area contributed by atoms with Gasteiger partial charge in [0, 0.05) is 11.6 Å². The summed E-state index contributed by atoms with van der Waals surface area (Å²) in [5.41, 5.74) is 1.04. The van der Waals surface area contributed by atoms with Gasteiger partial charge in [-0.05, 0) is 17.7 Å². The Balaban J connectivity index is 2.08. The molecule has 74 valence electrons. The van der Waals surface area contributed by atoms with Crippen LogP contribution in [-0.2, 0) is 9.53 Å². The van der Waals surface area contributed by atoms with Crippen molar-refractivity contribution >= 4 is 17.5 Å². The molecule has 14 heavy (non-hydrogen) atoms. The van der Waals surface area contributed by atoms with Gasteiger partial charge in [0.15, 0.2) is 0 Å². The predicted molar refractivity (Wildman–Crippen MR) is 53.2 cm³/mol. The van der Waals surface area contributed by atoms with Crippen molar-refractivity contribution in [1.29, 1.82) is 0 Å². The number of benzene rings is 1. The third-order valence-electron chi connectivity index (χ3n) is 2.14. The molecule has 1 fully saturated rings. The third-order valence-corrected chi connectivity index (χ3v) is 2.39. The van der Waals surface area contributed by atoms with E-state index < -0.39 is 0 Å². The number of hydrogen-bond acceptors (Lipinski definition) is 2. The summed E-state index contributed by atoms with van der Waals surface area (Å²) in [7, 11) is 0. The molecule has 1 N–H and O–H groups in total. The van der Waals surface area contributed by atoms with E-state index in [1.54, 1.807) is 0 Å². The number of ether oxygens (including phenoxy) is 1. The van der Waals surface area contributed by atoms with Crippen molar-refractivity contribution in [1.82, 2.24) is 5.32 Å². The van der Waals surface area contributed by atoms with Crippen LogP contribution in [0.2, 0.25) is 5.02 Å². The first-order chi connectivity index (χ1) is 6.75. The van der Waals surface area contributed by atoms with E-state index in [0.717, 1.165) is 5.56 Å². The summed E-state index contributed by atoms with van der Waals surface area (Å²) in [5.74, 6) is -0.0600. The number of amides is 1. The molecular formula is C10H10ClNO2. The lowest BCUT2D eigenvalue weighted by atomic mass is 10.1. The zero-order valence-electron chi connectivity index (χ0n) is 7.50. The number of halogens is 1. The lowest BCUT2D eigenvalue weighted by molar-refractivity contribution is -0.133. The molecule has 0 unspecified atom stereocenters. The summed E-state index contributed by atoms with van der Waals surface area (Å²) in [4.78, 5) is 10.8. The number of nitrogens with one attached hydrogen (secondary N) is 1. The first kappa shape index (κ1) is 9.49. The normalized spacial score (nSPS) is 21.8. The Hall–Kier alpha value is -1.06. The molecule has 1 aliphatic rings. The van der Waals surface area contributed by atoms with E-state index in [4.69, 9.17) is 16.3 Å². The maximum absolute atomic E-state index is 10.8. The van der Waals surface area contributed by atoms with E-state index in [9.17, 15) is 4.79 Å². The zero-order valence-corrected chi connectivity index (χ0v) is 8.25. The monoisotopic (exact) mass is 211 g/mol. The van der Waals surface area contributed by atoms with Gasteiger partial charge in [-0.25, -0.2) is 0 Å². The van der Waals surface area contributed by atoms with Crippen molar-refractivity contribution in [3.63, 3.8) is 0 Å². The Kier molecular flexibility index (Phi) is 2.70. The van der Waals surface area contributed by atoms with Gasteiger partial charge >= 0.3 is 0 Å². The molecule has 1 aromatic rings. The second-order valence-corrected chi connectivity index (χ2v) is 3.59. The van der Waals surface area contributed by atoms with Crippen molar-refractivity contribution in [2.45, 2.75) is 6.10 Å². The maximum atomic E-state index is 10.8. The quantitative estimate of drug-likeness (QED) is 0.765. The standard InChI is InChI=1S/C10H10ClNO2/c11-8-3-1-7(2-4-8)9-5-12-10(13)6-14-9/h1-4,9H,5-6H2,(H,12,13)/t9-/m1/s1. The van der Waals surface area contributed by atoms with Gasteiger partial charge in [0.1, 0.15) is 12.7 Å². The van der Waals surface area contributed by atoms with Gasteiger partial charge in [-0.15, -0.1) is 0 Å². The molecule has 1 aromatic carbocycles. The van der Waals surface area contributed by atoms with Crippen LogP contribution < -0.4 is 5.32 Å². The zero-order chi connectivity index (χ0) is 9.97. The van der Waals surface area contributed by atoms with Crippen molar-refractivity contribution in [2.24, 2.45) is 0 Å². The molecule has 0 aromatic heterocycles. The highest BCUT2D eigenvalue weighted by atomic mass is 35.5. The van der Waals surface area contributed by atoms with E-state index in [1.165, 1.54) is 0 Å². The SMILES string of the molecule is O=C1CO[C@@H](c2ccc(Cl)cc2)CN1. The maximum Gasteiger partial charge on any atom is 0.246 e. The Bertz CT molecular complexity index is 326. The summed E-state index contributed by atoms with van der Waals surface area (Å²) in [6.07, 6.45) is -0.0510. The first-order valence-electron chi connectivity index (χ1n) is 4.39. The van der Waals surface area contributed by atoms with Gasteiger partial charge in [0.25, 0.3) is 0 Å². The van der Waals surface area contributed by atoms with Crippen LogP contribution in [0.15, 0.2) is 24.3 Å². The van der Waals surface area contributed by atoms with Gasteiger partial charge in [-0.2, -0.15) is 0 Å². The van der Waals surface area contributed by atoms with Crippen LogP contribution in [0.5, 0.6) is 0 Å². The highest BCUT2D eigenvalue weighted by Crippen LogP contribution is 2.20. The lowest BCUT2D eigenvalue weighted by Crippen LogP contribution is -2.38. The molecule has 0 spiro atoms. The van der Waals surface area contributed by atoms with Crippen molar-refractivity contribution in [3.05, 3.63) is 34.9 Å². The molecule has 1 amide bonds. The van der Waals surface area contributed by atoms with Crippen molar-refractivity contribution < 1.29 is 9.53 Å². The molecule has 1 saturated heterocycles. The highest BCUT2D eigenvalue weighted by Gasteiger charge is 2.19. The average molecular weight is 212 g/mol. The Morgan fingerprint density at radius 2 is 2.07 bits per heavy atom. The van der Waals surface area contributed by atoms with Crippen LogP contribution in [0, 0.1) is 0 Å². The summed E-state index contributed by atoms with van der Waals surface area (Å²) in [6.45, 7) is 0.660. The fraction of sp³-hybridized carbons (Fsp3) is 0.300. The van der Waals surface area contributed by atoms with Crippen molar-refractivity contribution in [3.8, 4) is 0 Å². The van der Waals surface area contributed by atoms with Crippen molar-refractivity contribution in [2.75, 3.05) is 13.2 Å². The number of morpholine rings is 1. The molecule has 1 aliphatic heterocycles. The molecule has 1 heterocycles. The van der Waals surface area contributed by atoms with Gasteiger partial charge in [0.2, 0.25) is 5.91 Å². The minimum Gasteiger partial charge on any atom is -0.362 e. The fourth-order valence-corrected chi connectivity index (χ4v) is 1.51. The molecule has 1 atom stereocenters. The van der Waals surface area contributed by atoms with E-state index in [2.05, 4.69) is 5.32 Å². The van der Waals surface area contributed by atoms with E-state index in [0.29, 0.717) is 11.6 Å². The van der Waals surface area contributed by atoms with Crippen LogP contribution >= 0.6 is 11.6 Å². The van der Waals surface area contributed by atoms with E-state index in [1.807, 2.05) is 24.3 Å². The molecular weight excluding hydrogens is 202 g/mol. The highest BCUT2D eigenvalue weighted by molar-refractivity contribution is 6.30. The van der Waals surface area contributed by atoms with Crippen LogP contribution in [0.3, 0.4) is 0 Å². The largest absolute Gasteiger partial charge is 0.362 e. The Morgan fingerprint density at radius 3 is 2.64 bits per heavy atom. The summed E-state index contributed by atoms with van der Waals surface area (Å²) < 4.78 is 5.36. The number of rotatable bonds is 1. The van der Waals surface area contributed by atoms with E-state index in [-0.39, 0.29) is 18.6 Å². The molecule has 3 nitrogen and oxygen atoms in total. The number of hydrogen-bond donors (Lipinski definition) is 1. The molecule has 0 radical (unpaired) electrons. The summed E-state index contributed by atoms with van der Waals surface area (Å²) in [6, 6.07) is 7.45. The van der Waals surface area contributed by atoms with Gasteiger partial charge in [-0.3, -0.25) is 4.79 Å². The van der Waals surface area contributed by atoms with Crippen LogP contribution in [-0.4, -0.2) is 19.1 Å². The lowest BCUT2D eigenvalue weighted by Gasteiger charge is -2.23. The second-order valence-electron chi connectivity index (χ2n) is 3.16. The Labute approximate surface area is 87.0 Å². The number of carbonyl (C=O) groups is 1. The average Bonchev–Trinajstić information content (AvgIpc) is 2.21. The number of carbonyl (C=O) groups excluding carboxylic acids is 1. The van der Waals surface area contributed by atoms with E-state index >= 15 is 0 Å². The third kappa shape index (κ3) is 2.05. The van der Waals surface area contributed by atoms with Gasteiger partial charge in [0.05, 0.1) is 0 Å². The summed E-state index contributed by atoms with van der Waals surface area (Å²) in [5, 5.41) is 3.45.